The van der Waals surface area contributed by atoms with Crippen LogP contribution in [0, 0.1) is 0 Å². The number of aryl methyl sites for hydroxylation is 1. The zero-order chi connectivity index (χ0) is 22.5. The van der Waals surface area contributed by atoms with E-state index in [1.807, 2.05) is 30.3 Å². The normalized spacial score (nSPS) is 23.9. The van der Waals surface area contributed by atoms with Crippen molar-refractivity contribution < 1.29 is 14.2 Å². The molecule has 5 rings (SSSR count). The Morgan fingerprint density at radius 1 is 0.939 bits per heavy atom. The van der Waals surface area contributed by atoms with Crippen LogP contribution in [0.15, 0.2) is 66.9 Å². The minimum absolute atomic E-state index is 0.0130. The number of hydrogen-bond acceptors (Lipinski definition) is 7. The number of methoxy groups -OCH3 is 1. The van der Waals surface area contributed by atoms with Gasteiger partial charge >= 0.3 is 0 Å². The molecule has 2 aliphatic heterocycles. The van der Waals surface area contributed by atoms with E-state index in [9.17, 15) is 0 Å². The summed E-state index contributed by atoms with van der Waals surface area (Å²) in [6, 6.07) is 20.5. The molecule has 3 aromatic rings. The van der Waals surface area contributed by atoms with Gasteiger partial charge in [-0.25, -0.2) is 9.97 Å². The molecule has 2 N–H and O–H groups in total. The Morgan fingerprint density at radius 2 is 1.70 bits per heavy atom. The molecule has 1 aromatic heterocycles. The van der Waals surface area contributed by atoms with Gasteiger partial charge in [-0.2, -0.15) is 0 Å². The van der Waals surface area contributed by atoms with Gasteiger partial charge in [0.15, 0.2) is 0 Å². The smallest absolute Gasteiger partial charge is 0.223 e. The van der Waals surface area contributed by atoms with Gasteiger partial charge in [-0.1, -0.05) is 42.5 Å². The summed E-state index contributed by atoms with van der Waals surface area (Å²) in [7, 11) is 1.67. The van der Waals surface area contributed by atoms with Crippen LogP contribution < -0.4 is 15.4 Å². The van der Waals surface area contributed by atoms with E-state index < -0.39 is 0 Å². The molecule has 0 amide bonds. The topological polar surface area (TPSA) is 77.5 Å². The zero-order valence-electron chi connectivity index (χ0n) is 18.8. The first-order valence-electron chi connectivity index (χ1n) is 11.6. The molecule has 2 aromatic carbocycles. The van der Waals surface area contributed by atoms with Crippen molar-refractivity contribution in [3.8, 4) is 17.0 Å². The lowest BCUT2D eigenvalue weighted by Gasteiger charge is -2.18. The van der Waals surface area contributed by atoms with Gasteiger partial charge in [0.05, 0.1) is 38.1 Å². The minimum atomic E-state index is -0.0184. The number of anilines is 1. The number of rotatable bonds is 9. The number of benzene rings is 2. The molecule has 4 atom stereocenters. The highest BCUT2D eigenvalue weighted by Gasteiger charge is 2.47. The summed E-state index contributed by atoms with van der Waals surface area (Å²) in [6.45, 7) is 2.17. The maximum atomic E-state index is 6.12. The number of nitrogens with zero attached hydrogens (tertiary/aromatic N) is 2. The van der Waals surface area contributed by atoms with Crippen molar-refractivity contribution in [1.82, 2.24) is 15.3 Å². The molecule has 33 heavy (non-hydrogen) atoms. The van der Waals surface area contributed by atoms with E-state index in [2.05, 4.69) is 45.9 Å². The molecular formula is C26H30N4O3. The lowest BCUT2D eigenvalue weighted by molar-refractivity contribution is 0.0676. The van der Waals surface area contributed by atoms with E-state index in [0.717, 1.165) is 36.4 Å². The standard InChI is InChI=1S/C26H30N4O3/c1-31-23-12-6-5-11-19(23)20-13-15-28-26(29-20)30-22-17-33-24-21(16-32-25(22)24)27-14-7-10-18-8-3-2-4-9-18/h2-6,8-9,11-13,15,21-22,24-25,27H,7,10,14,16-17H2,1H3,(H,28,29,30)/t21-,22-,24+,25+/m0/s1. The van der Waals surface area contributed by atoms with Crippen LogP contribution in [0.5, 0.6) is 5.75 Å². The molecule has 2 fully saturated rings. The molecule has 7 nitrogen and oxygen atoms in total. The van der Waals surface area contributed by atoms with Crippen molar-refractivity contribution in [1.29, 1.82) is 0 Å². The highest BCUT2D eigenvalue weighted by molar-refractivity contribution is 5.67. The average Bonchev–Trinajstić information content (AvgIpc) is 3.46. The summed E-state index contributed by atoms with van der Waals surface area (Å²) >= 11 is 0. The molecular weight excluding hydrogens is 416 g/mol. The van der Waals surface area contributed by atoms with Crippen LogP contribution in [0.1, 0.15) is 12.0 Å². The molecule has 7 heteroatoms. The molecule has 0 radical (unpaired) electrons. The van der Waals surface area contributed by atoms with Crippen LogP contribution in [-0.4, -0.2) is 61.1 Å². The Bertz CT molecular complexity index is 1050. The number of ether oxygens (including phenoxy) is 3. The molecule has 0 unspecified atom stereocenters. The summed E-state index contributed by atoms with van der Waals surface area (Å²) in [5.74, 6) is 1.35. The average molecular weight is 447 g/mol. The van der Waals surface area contributed by atoms with Gasteiger partial charge < -0.3 is 24.8 Å². The van der Waals surface area contributed by atoms with Crippen molar-refractivity contribution in [2.75, 3.05) is 32.2 Å². The molecule has 0 spiro atoms. The van der Waals surface area contributed by atoms with Crippen LogP contribution in [0.4, 0.5) is 5.95 Å². The second-order valence-corrected chi connectivity index (χ2v) is 8.46. The first kappa shape index (κ1) is 21.8. The fraction of sp³-hybridized carbons (Fsp3) is 0.385. The number of para-hydroxylation sites is 1. The van der Waals surface area contributed by atoms with Gasteiger partial charge in [0.25, 0.3) is 0 Å². The Labute approximate surface area is 194 Å². The summed E-state index contributed by atoms with van der Waals surface area (Å²) in [5.41, 5.74) is 3.12. The summed E-state index contributed by atoms with van der Waals surface area (Å²) in [5, 5.41) is 7.06. The van der Waals surface area contributed by atoms with Gasteiger partial charge in [-0.15, -0.1) is 0 Å². The van der Waals surface area contributed by atoms with Gasteiger partial charge in [0.1, 0.15) is 18.0 Å². The Morgan fingerprint density at radius 3 is 2.55 bits per heavy atom. The van der Waals surface area contributed by atoms with E-state index >= 15 is 0 Å². The van der Waals surface area contributed by atoms with Gasteiger partial charge in [0.2, 0.25) is 5.95 Å². The van der Waals surface area contributed by atoms with Crippen molar-refractivity contribution in [3.63, 3.8) is 0 Å². The third kappa shape index (κ3) is 5.00. The quantitative estimate of drug-likeness (QED) is 0.488. The fourth-order valence-corrected chi connectivity index (χ4v) is 4.62. The largest absolute Gasteiger partial charge is 0.496 e. The zero-order valence-corrected chi connectivity index (χ0v) is 18.8. The molecule has 2 saturated heterocycles. The van der Waals surface area contributed by atoms with Crippen LogP contribution in [-0.2, 0) is 15.9 Å². The van der Waals surface area contributed by atoms with Crippen LogP contribution in [0.2, 0.25) is 0 Å². The van der Waals surface area contributed by atoms with Crippen LogP contribution in [0.25, 0.3) is 11.3 Å². The Balaban J connectivity index is 1.16. The second kappa shape index (κ2) is 10.3. The van der Waals surface area contributed by atoms with Gasteiger partial charge in [0, 0.05) is 11.8 Å². The van der Waals surface area contributed by atoms with Crippen LogP contribution in [0.3, 0.4) is 0 Å². The highest BCUT2D eigenvalue weighted by atomic mass is 16.6. The number of fused-ring (bicyclic) bond motifs is 1. The van der Waals surface area contributed by atoms with E-state index in [4.69, 9.17) is 19.2 Å². The minimum Gasteiger partial charge on any atom is -0.496 e. The number of nitrogens with one attached hydrogen (secondary N) is 2. The number of hydrogen-bond donors (Lipinski definition) is 2. The van der Waals surface area contributed by atoms with Gasteiger partial charge in [-0.05, 0) is 43.1 Å². The summed E-state index contributed by atoms with van der Waals surface area (Å²) in [4.78, 5) is 9.13. The molecule has 172 valence electrons. The van der Waals surface area contributed by atoms with Crippen LogP contribution >= 0.6 is 0 Å². The lowest BCUT2D eigenvalue weighted by Crippen LogP contribution is -2.42. The first-order valence-corrected chi connectivity index (χ1v) is 11.6. The lowest BCUT2D eigenvalue weighted by atomic mass is 10.1. The highest BCUT2D eigenvalue weighted by Crippen LogP contribution is 2.30. The fourth-order valence-electron chi connectivity index (χ4n) is 4.62. The predicted octanol–water partition coefficient (Wildman–Crippen LogP) is 3.32. The SMILES string of the molecule is COc1ccccc1-c1ccnc(N[C@H]2CO[C@H]3[C@@H]2OC[C@@H]3NCCCc2ccccc2)n1. The van der Waals surface area contributed by atoms with Crippen molar-refractivity contribution in [2.24, 2.45) is 0 Å². The molecule has 2 aliphatic rings. The monoisotopic (exact) mass is 446 g/mol. The Kier molecular flexibility index (Phi) is 6.81. The maximum absolute atomic E-state index is 6.12. The maximum Gasteiger partial charge on any atom is 0.223 e. The Hall–Kier alpha value is -3.00. The molecule has 3 heterocycles. The van der Waals surface area contributed by atoms with Crippen molar-refractivity contribution in [2.45, 2.75) is 37.1 Å². The third-order valence-corrected chi connectivity index (χ3v) is 6.30. The van der Waals surface area contributed by atoms with Crippen molar-refractivity contribution in [3.05, 3.63) is 72.4 Å². The number of aromatic nitrogens is 2. The predicted molar refractivity (Wildman–Crippen MR) is 127 cm³/mol. The second-order valence-electron chi connectivity index (χ2n) is 8.46. The third-order valence-electron chi connectivity index (χ3n) is 6.30. The van der Waals surface area contributed by atoms with Crippen molar-refractivity contribution >= 4 is 5.95 Å². The first-order chi connectivity index (χ1) is 16.3. The van der Waals surface area contributed by atoms with E-state index in [1.165, 1.54) is 5.56 Å². The summed E-state index contributed by atoms with van der Waals surface area (Å²) < 4.78 is 17.7. The molecule has 0 saturated carbocycles. The molecule has 0 bridgehead atoms. The van der Waals surface area contributed by atoms with E-state index in [-0.39, 0.29) is 24.3 Å². The van der Waals surface area contributed by atoms with Gasteiger partial charge in [-0.3, -0.25) is 0 Å². The molecule has 0 aliphatic carbocycles. The summed E-state index contributed by atoms with van der Waals surface area (Å²) in [6.07, 6.45) is 3.94. The van der Waals surface area contributed by atoms with E-state index in [1.54, 1.807) is 13.3 Å². The van der Waals surface area contributed by atoms with E-state index in [0.29, 0.717) is 19.2 Å².